The second kappa shape index (κ2) is 8.73. The molecule has 0 aromatic carbocycles. The summed E-state index contributed by atoms with van der Waals surface area (Å²) in [6.07, 6.45) is 4.50. The van der Waals surface area contributed by atoms with Gasteiger partial charge >= 0.3 is 0 Å². The number of piperazine rings is 1. The minimum atomic E-state index is 0.123. The third-order valence-electron chi connectivity index (χ3n) is 5.87. The molecule has 29 heavy (non-hydrogen) atoms. The summed E-state index contributed by atoms with van der Waals surface area (Å²) in [7, 11) is 1.84. The van der Waals surface area contributed by atoms with Crippen molar-refractivity contribution >= 4 is 17.5 Å². The van der Waals surface area contributed by atoms with E-state index >= 15 is 0 Å². The molecule has 1 amide bonds. The van der Waals surface area contributed by atoms with Crippen molar-refractivity contribution < 1.29 is 4.79 Å². The van der Waals surface area contributed by atoms with Crippen molar-refractivity contribution in [1.82, 2.24) is 24.8 Å². The van der Waals surface area contributed by atoms with Crippen LogP contribution in [0.3, 0.4) is 0 Å². The van der Waals surface area contributed by atoms with Gasteiger partial charge in [-0.15, -0.1) is 0 Å². The van der Waals surface area contributed by atoms with Crippen LogP contribution in [0.5, 0.6) is 0 Å². The number of rotatable bonds is 5. The highest BCUT2D eigenvalue weighted by atomic mass is 16.2. The molecule has 0 spiro atoms. The molecule has 0 aliphatic carbocycles. The van der Waals surface area contributed by atoms with Crippen LogP contribution in [0.1, 0.15) is 19.0 Å². The average Bonchev–Trinajstić information content (AvgIpc) is 2.73. The average molecular weight is 396 g/mol. The summed E-state index contributed by atoms with van der Waals surface area (Å²) in [5, 5.41) is 3.60. The van der Waals surface area contributed by atoms with Gasteiger partial charge in [-0.25, -0.2) is 9.97 Å². The number of nitrogens with one attached hydrogen (secondary N) is 1. The first-order chi connectivity index (χ1) is 14.1. The first kappa shape index (κ1) is 19.6. The van der Waals surface area contributed by atoms with E-state index in [1.54, 1.807) is 11.2 Å². The Bertz CT molecular complexity index is 831. The number of carbonyl (C=O) groups is 1. The largest absolute Gasteiger partial charge is 0.367 e. The molecular weight excluding hydrogens is 366 g/mol. The SMILES string of the molecule is CC1CN(Cc2ccccn2)CCC1Nc1cc(N2CCN(C)C(=O)C2)ncn1. The standard InChI is InChI=1S/C21H29N7O/c1-16-12-27(13-17-5-3-4-7-22-17)8-6-18(16)25-19-11-20(24-15-23-19)28-10-9-26(2)21(29)14-28/h3-5,7,11,15-16,18H,6,8-10,12-14H2,1-2H3,(H,23,24,25). The molecule has 2 aliphatic heterocycles. The Morgan fingerprint density at radius 3 is 2.83 bits per heavy atom. The Labute approximate surface area is 172 Å². The number of carbonyl (C=O) groups excluding carboxylic acids is 1. The van der Waals surface area contributed by atoms with E-state index in [2.05, 4.69) is 38.2 Å². The van der Waals surface area contributed by atoms with Crippen LogP contribution >= 0.6 is 0 Å². The Morgan fingerprint density at radius 2 is 2.07 bits per heavy atom. The third-order valence-corrected chi connectivity index (χ3v) is 5.87. The van der Waals surface area contributed by atoms with Crippen LogP contribution < -0.4 is 10.2 Å². The van der Waals surface area contributed by atoms with Crippen LogP contribution in [0, 0.1) is 5.92 Å². The number of amides is 1. The van der Waals surface area contributed by atoms with Gasteiger partial charge < -0.3 is 15.1 Å². The molecule has 0 radical (unpaired) electrons. The van der Waals surface area contributed by atoms with Crippen LogP contribution in [0.4, 0.5) is 11.6 Å². The number of hydrogen-bond donors (Lipinski definition) is 1. The van der Waals surface area contributed by atoms with Crippen molar-refractivity contribution in [2.24, 2.45) is 5.92 Å². The van der Waals surface area contributed by atoms with Gasteiger partial charge in [-0.2, -0.15) is 0 Å². The number of piperidine rings is 1. The summed E-state index contributed by atoms with van der Waals surface area (Å²) in [6, 6.07) is 8.41. The van der Waals surface area contributed by atoms with Gasteiger partial charge in [0.15, 0.2) is 0 Å². The van der Waals surface area contributed by atoms with Crippen molar-refractivity contribution in [3.05, 3.63) is 42.5 Å². The fraction of sp³-hybridized carbons (Fsp3) is 0.524. The van der Waals surface area contributed by atoms with E-state index in [-0.39, 0.29) is 5.91 Å². The van der Waals surface area contributed by atoms with E-state index in [0.29, 0.717) is 18.5 Å². The number of anilines is 2. The highest BCUT2D eigenvalue weighted by Crippen LogP contribution is 2.23. The molecule has 2 atom stereocenters. The molecule has 8 heteroatoms. The van der Waals surface area contributed by atoms with Crippen molar-refractivity contribution in [3.8, 4) is 0 Å². The molecule has 2 aromatic heterocycles. The molecule has 2 saturated heterocycles. The second-order valence-electron chi connectivity index (χ2n) is 8.07. The van der Waals surface area contributed by atoms with Crippen molar-refractivity contribution in [3.63, 3.8) is 0 Å². The molecule has 0 saturated carbocycles. The number of nitrogens with zero attached hydrogens (tertiary/aromatic N) is 6. The molecule has 4 heterocycles. The molecular formula is C21H29N7O. The van der Waals surface area contributed by atoms with E-state index in [9.17, 15) is 4.79 Å². The summed E-state index contributed by atoms with van der Waals surface area (Å²) >= 11 is 0. The monoisotopic (exact) mass is 395 g/mol. The first-order valence-corrected chi connectivity index (χ1v) is 10.3. The lowest BCUT2D eigenvalue weighted by atomic mass is 9.93. The molecule has 2 unspecified atom stereocenters. The fourth-order valence-electron chi connectivity index (χ4n) is 4.05. The fourth-order valence-corrected chi connectivity index (χ4v) is 4.05. The molecule has 2 aliphatic rings. The van der Waals surface area contributed by atoms with Crippen LogP contribution in [0.25, 0.3) is 0 Å². The number of aromatic nitrogens is 3. The lowest BCUT2D eigenvalue weighted by Crippen LogP contribution is -2.49. The summed E-state index contributed by atoms with van der Waals surface area (Å²) < 4.78 is 0. The van der Waals surface area contributed by atoms with Crippen molar-refractivity contribution in [2.75, 3.05) is 50.0 Å². The predicted molar refractivity (Wildman–Crippen MR) is 113 cm³/mol. The smallest absolute Gasteiger partial charge is 0.241 e. The van der Waals surface area contributed by atoms with E-state index in [4.69, 9.17) is 0 Å². The molecule has 2 fully saturated rings. The number of pyridine rings is 1. The lowest BCUT2D eigenvalue weighted by Gasteiger charge is -2.37. The third kappa shape index (κ3) is 4.82. The Kier molecular flexibility index (Phi) is 5.89. The zero-order valence-corrected chi connectivity index (χ0v) is 17.2. The van der Waals surface area contributed by atoms with Crippen LogP contribution in [-0.2, 0) is 11.3 Å². The van der Waals surface area contributed by atoms with Gasteiger partial charge in [0.2, 0.25) is 5.91 Å². The van der Waals surface area contributed by atoms with Gasteiger partial charge in [-0.1, -0.05) is 13.0 Å². The van der Waals surface area contributed by atoms with Crippen molar-refractivity contribution in [1.29, 1.82) is 0 Å². The zero-order valence-electron chi connectivity index (χ0n) is 17.2. The van der Waals surface area contributed by atoms with Crippen molar-refractivity contribution in [2.45, 2.75) is 25.9 Å². The molecule has 0 bridgehead atoms. The maximum atomic E-state index is 12.0. The highest BCUT2D eigenvalue weighted by Gasteiger charge is 2.27. The summed E-state index contributed by atoms with van der Waals surface area (Å²) in [4.78, 5) is 31.5. The lowest BCUT2D eigenvalue weighted by molar-refractivity contribution is -0.129. The van der Waals surface area contributed by atoms with Crippen LogP contribution in [0.2, 0.25) is 0 Å². The zero-order chi connectivity index (χ0) is 20.2. The summed E-state index contributed by atoms with van der Waals surface area (Å²) in [5.74, 6) is 2.26. The van der Waals surface area contributed by atoms with Gasteiger partial charge in [0.1, 0.15) is 18.0 Å². The molecule has 2 aromatic rings. The van der Waals surface area contributed by atoms with Gasteiger partial charge in [0.25, 0.3) is 0 Å². The van der Waals surface area contributed by atoms with E-state index in [0.717, 1.165) is 56.5 Å². The number of hydrogen-bond acceptors (Lipinski definition) is 7. The summed E-state index contributed by atoms with van der Waals surface area (Å²) in [6.45, 7) is 7.12. The Morgan fingerprint density at radius 1 is 1.17 bits per heavy atom. The quantitative estimate of drug-likeness (QED) is 0.821. The molecule has 154 valence electrons. The van der Waals surface area contributed by atoms with Crippen LogP contribution in [-0.4, -0.2) is 76.5 Å². The molecule has 8 nitrogen and oxygen atoms in total. The maximum absolute atomic E-state index is 12.0. The van der Waals surface area contributed by atoms with E-state index in [1.807, 2.05) is 36.3 Å². The number of likely N-dealkylation sites (tertiary alicyclic amines) is 1. The normalized spacial score (nSPS) is 23.3. The molecule has 1 N–H and O–H groups in total. The predicted octanol–water partition coefficient (Wildman–Crippen LogP) is 1.47. The minimum Gasteiger partial charge on any atom is -0.367 e. The topological polar surface area (TPSA) is 77.5 Å². The maximum Gasteiger partial charge on any atom is 0.241 e. The Balaban J connectivity index is 1.34. The van der Waals surface area contributed by atoms with Gasteiger partial charge in [-0.05, 0) is 24.5 Å². The van der Waals surface area contributed by atoms with E-state index in [1.165, 1.54) is 0 Å². The highest BCUT2D eigenvalue weighted by molar-refractivity contribution is 5.82. The van der Waals surface area contributed by atoms with Gasteiger partial charge in [-0.3, -0.25) is 14.7 Å². The van der Waals surface area contributed by atoms with Gasteiger partial charge in [0, 0.05) is 58.1 Å². The number of likely N-dealkylation sites (N-methyl/N-ethyl adjacent to an activating group) is 1. The Hall–Kier alpha value is -2.74. The van der Waals surface area contributed by atoms with Crippen LogP contribution in [0.15, 0.2) is 36.8 Å². The molecule has 4 rings (SSSR count). The first-order valence-electron chi connectivity index (χ1n) is 10.3. The minimum absolute atomic E-state index is 0.123. The summed E-state index contributed by atoms with van der Waals surface area (Å²) in [5.41, 5.74) is 1.12. The van der Waals surface area contributed by atoms with Gasteiger partial charge in [0.05, 0.1) is 12.2 Å². The van der Waals surface area contributed by atoms with E-state index < -0.39 is 0 Å². The second-order valence-corrected chi connectivity index (χ2v) is 8.07.